The van der Waals surface area contributed by atoms with Crippen molar-refractivity contribution in [3.8, 4) is 5.75 Å². The van der Waals surface area contributed by atoms with Crippen LogP contribution in [0, 0.1) is 5.92 Å². The molecule has 0 saturated carbocycles. The molecule has 0 radical (unpaired) electrons. The Morgan fingerprint density at radius 1 is 1.42 bits per heavy atom. The SMILES string of the molecule is COc1cccc(C(=O)N2CCC(C(=O)O)C2C)c1. The lowest BCUT2D eigenvalue weighted by molar-refractivity contribution is -0.142. The molecule has 1 aliphatic rings. The van der Waals surface area contributed by atoms with Crippen molar-refractivity contribution in [1.82, 2.24) is 4.90 Å². The Hall–Kier alpha value is -2.04. The van der Waals surface area contributed by atoms with Crippen LogP contribution < -0.4 is 4.74 Å². The number of carbonyl (C=O) groups is 2. The first kappa shape index (κ1) is 13.4. The number of likely N-dealkylation sites (tertiary alicyclic amines) is 1. The first-order valence-corrected chi connectivity index (χ1v) is 6.22. The summed E-state index contributed by atoms with van der Waals surface area (Å²) in [5.41, 5.74) is 0.525. The second kappa shape index (κ2) is 5.30. The second-order valence-corrected chi connectivity index (χ2v) is 4.70. The van der Waals surface area contributed by atoms with Gasteiger partial charge in [-0.15, -0.1) is 0 Å². The van der Waals surface area contributed by atoms with Crippen molar-refractivity contribution in [2.45, 2.75) is 19.4 Å². The summed E-state index contributed by atoms with van der Waals surface area (Å²) in [6, 6.07) is 6.62. The largest absolute Gasteiger partial charge is 0.497 e. The summed E-state index contributed by atoms with van der Waals surface area (Å²) in [4.78, 5) is 25.0. The average molecular weight is 263 g/mol. The third-order valence-corrected chi connectivity index (χ3v) is 3.65. The number of carbonyl (C=O) groups excluding carboxylic acids is 1. The molecule has 2 unspecified atom stereocenters. The van der Waals surface area contributed by atoms with Crippen molar-refractivity contribution >= 4 is 11.9 Å². The van der Waals surface area contributed by atoms with Crippen LogP contribution in [0.4, 0.5) is 0 Å². The summed E-state index contributed by atoms with van der Waals surface area (Å²) in [5, 5.41) is 9.08. The highest BCUT2D eigenvalue weighted by atomic mass is 16.5. The molecule has 1 fully saturated rings. The number of hydrogen-bond acceptors (Lipinski definition) is 3. The van der Waals surface area contributed by atoms with Crippen molar-refractivity contribution in [1.29, 1.82) is 0 Å². The number of aliphatic carboxylic acids is 1. The topological polar surface area (TPSA) is 66.8 Å². The Bertz CT molecular complexity index is 500. The predicted octanol–water partition coefficient (Wildman–Crippen LogP) is 1.63. The monoisotopic (exact) mass is 263 g/mol. The highest BCUT2D eigenvalue weighted by Gasteiger charge is 2.38. The van der Waals surface area contributed by atoms with Crippen molar-refractivity contribution in [2.75, 3.05) is 13.7 Å². The van der Waals surface area contributed by atoms with E-state index in [4.69, 9.17) is 9.84 Å². The Kier molecular flexibility index (Phi) is 3.74. The van der Waals surface area contributed by atoms with Crippen LogP contribution in [-0.4, -0.2) is 41.6 Å². The van der Waals surface area contributed by atoms with Crippen molar-refractivity contribution in [3.63, 3.8) is 0 Å². The first-order valence-electron chi connectivity index (χ1n) is 6.22. The van der Waals surface area contributed by atoms with E-state index in [9.17, 15) is 9.59 Å². The molecule has 1 aromatic carbocycles. The number of methoxy groups -OCH3 is 1. The van der Waals surface area contributed by atoms with Gasteiger partial charge in [0, 0.05) is 18.2 Å². The normalized spacial score (nSPS) is 22.3. The molecule has 0 aromatic heterocycles. The van der Waals surface area contributed by atoms with Crippen LogP contribution in [0.2, 0.25) is 0 Å². The van der Waals surface area contributed by atoms with Gasteiger partial charge in [0.25, 0.3) is 5.91 Å². The summed E-state index contributed by atoms with van der Waals surface area (Å²) < 4.78 is 5.09. The van der Waals surface area contributed by atoms with E-state index < -0.39 is 11.9 Å². The Morgan fingerprint density at radius 2 is 2.16 bits per heavy atom. The Labute approximate surface area is 111 Å². The summed E-state index contributed by atoms with van der Waals surface area (Å²) in [5.74, 6) is -0.842. The van der Waals surface area contributed by atoms with E-state index in [1.807, 2.05) is 0 Å². The maximum Gasteiger partial charge on any atom is 0.308 e. The maximum absolute atomic E-state index is 12.4. The Balaban J connectivity index is 2.18. The molecule has 102 valence electrons. The number of rotatable bonds is 3. The fourth-order valence-corrected chi connectivity index (χ4v) is 2.48. The van der Waals surface area contributed by atoms with Crippen LogP contribution >= 0.6 is 0 Å². The molecule has 2 atom stereocenters. The molecule has 5 nitrogen and oxygen atoms in total. The van der Waals surface area contributed by atoms with E-state index in [0.717, 1.165) is 0 Å². The Morgan fingerprint density at radius 3 is 2.74 bits per heavy atom. The molecule has 19 heavy (non-hydrogen) atoms. The number of nitrogens with zero attached hydrogens (tertiary/aromatic N) is 1. The fourth-order valence-electron chi connectivity index (χ4n) is 2.48. The number of carboxylic acid groups (broad SMARTS) is 1. The van der Waals surface area contributed by atoms with Gasteiger partial charge in [-0.3, -0.25) is 9.59 Å². The third kappa shape index (κ3) is 2.54. The zero-order valence-corrected chi connectivity index (χ0v) is 11.0. The third-order valence-electron chi connectivity index (χ3n) is 3.65. The van der Waals surface area contributed by atoms with Gasteiger partial charge in [0.15, 0.2) is 0 Å². The van der Waals surface area contributed by atoms with Gasteiger partial charge in [-0.1, -0.05) is 6.07 Å². The molecule has 0 spiro atoms. The smallest absolute Gasteiger partial charge is 0.308 e. The number of carboxylic acids is 1. The lowest BCUT2D eigenvalue weighted by Gasteiger charge is -2.23. The summed E-state index contributed by atoms with van der Waals surface area (Å²) in [7, 11) is 1.54. The molecular formula is C14H17NO4. The van der Waals surface area contributed by atoms with Gasteiger partial charge in [-0.2, -0.15) is 0 Å². The van der Waals surface area contributed by atoms with Gasteiger partial charge >= 0.3 is 5.97 Å². The number of ether oxygens (including phenoxy) is 1. The van der Waals surface area contributed by atoms with Crippen molar-refractivity contribution < 1.29 is 19.4 Å². The fraction of sp³-hybridized carbons (Fsp3) is 0.429. The van der Waals surface area contributed by atoms with Crippen molar-refractivity contribution in [3.05, 3.63) is 29.8 Å². The van der Waals surface area contributed by atoms with Gasteiger partial charge in [0.2, 0.25) is 0 Å². The molecule has 1 N–H and O–H groups in total. The molecule has 0 bridgehead atoms. The standard InChI is InChI=1S/C14H17NO4/c1-9-12(14(17)18)6-7-15(9)13(16)10-4-3-5-11(8-10)19-2/h3-5,8-9,12H,6-7H2,1-2H3,(H,17,18). The molecule has 1 heterocycles. The minimum absolute atomic E-state index is 0.143. The van der Waals surface area contributed by atoms with E-state index >= 15 is 0 Å². The van der Waals surface area contributed by atoms with Crippen molar-refractivity contribution in [2.24, 2.45) is 5.92 Å². The minimum Gasteiger partial charge on any atom is -0.497 e. The van der Waals surface area contributed by atoms with Gasteiger partial charge in [-0.25, -0.2) is 0 Å². The van der Waals surface area contributed by atoms with Crippen LogP contribution in [-0.2, 0) is 4.79 Å². The van der Waals surface area contributed by atoms with Crippen LogP contribution in [0.15, 0.2) is 24.3 Å². The molecule has 1 saturated heterocycles. The lowest BCUT2D eigenvalue weighted by atomic mass is 10.0. The molecule has 1 aliphatic heterocycles. The van der Waals surface area contributed by atoms with Gasteiger partial charge in [0.05, 0.1) is 13.0 Å². The predicted molar refractivity (Wildman–Crippen MR) is 69.2 cm³/mol. The lowest BCUT2D eigenvalue weighted by Crippen LogP contribution is -2.37. The van der Waals surface area contributed by atoms with E-state index in [-0.39, 0.29) is 11.9 Å². The number of hydrogen-bond donors (Lipinski definition) is 1. The molecule has 1 amide bonds. The highest BCUT2D eigenvalue weighted by molar-refractivity contribution is 5.95. The number of benzene rings is 1. The highest BCUT2D eigenvalue weighted by Crippen LogP contribution is 2.26. The molecule has 5 heteroatoms. The second-order valence-electron chi connectivity index (χ2n) is 4.70. The van der Waals surface area contributed by atoms with E-state index in [2.05, 4.69) is 0 Å². The van der Waals surface area contributed by atoms with Crippen LogP contribution in [0.3, 0.4) is 0 Å². The molecular weight excluding hydrogens is 246 g/mol. The molecule has 1 aromatic rings. The van der Waals surface area contributed by atoms with E-state index in [1.165, 1.54) is 0 Å². The first-order chi connectivity index (χ1) is 9.04. The van der Waals surface area contributed by atoms with Crippen LogP contribution in [0.5, 0.6) is 5.75 Å². The van der Waals surface area contributed by atoms with Gasteiger partial charge in [-0.05, 0) is 31.5 Å². The quantitative estimate of drug-likeness (QED) is 0.900. The maximum atomic E-state index is 12.4. The zero-order valence-electron chi connectivity index (χ0n) is 11.0. The minimum atomic E-state index is -0.839. The van der Waals surface area contributed by atoms with Crippen LogP contribution in [0.1, 0.15) is 23.7 Å². The molecule has 2 rings (SSSR count). The summed E-state index contributed by atoms with van der Waals surface area (Å²) >= 11 is 0. The van der Waals surface area contributed by atoms with E-state index in [1.54, 1.807) is 43.2 Å². The van der Waals surface area contributed by atoms with Gasteiger partial charge < -0.3 is 14.7 Å². The average Bonchev–Trinajstić information content (AvgIpc) is 2.80. The number of amides is 1. The molecule has 0 aliphatic carbocycles. The summed E-state index contributed by atoms with van der Waals surface area (Å²) in [6.45, 7) is 2.26. The zero-order chi connectivity index (χ0) is 14.0. The van der Waals surface area contributed by atoms with E-state index in [0.29, 0.717) is 24.3 Å². The summed E-state index contributed by atoms with van der Waals surface area (Å²) in [6.07, 6.45) is 0.506. The van der Waals surface area contributed by atoms with Gasteiger partial charge in [0.1, 0.15) is 5.75 Å². The van der Waals surface area contributed by atoms with Crippen LogP contribution in [0.25, 0.3) is 0 Å².